The maximum absolute atomic E-state index is 11.7. The molecular weight excluding hydrogens is 280 g/mol. The fourth-order valence-corrected chi connectivity index (χ4v) is 1.93. The largest absolute Gasteiger partial charge is 0.486 e. The van der Waals surface area contributed by atoms with Crippen molar-refractivity contribution in [3.63, 3.8) is 0 Å². The number of benzene rings is 1. The molecule has 0 saturated heterocycles. The van der Waals surface area contributed by atoms with Gasteiger partial charge in [-0.1, -0.05) is 23.2 Å². The Hall–Kier alpha value is -2.01. The molecule has 20 heavy (non-hydrogen) atoms. The molecule has 1 aromatic carbocycles. The average molecular weight is 295 g/mol. The van der Waals surface area contributed by atoms with E-state index in [0.29, 0.717) is 22.2 Å². The molecule has 0 spiro atoms. The molecule has 106 valence electrons. The molecule has 0 N–H and O–H groups in total. The number of carbonyl (C=O) groups excluding carboxylic acids is 1. The van der Waals surface area contributed by atoms with E-state index in [1.807, 2.05) is 13.0 Å². The monoisotopic (exact) mass is 294 g/mol. The highest BCUT2D eigenvalue weighted by atomic mass is 35.5. The zero-order chi connectivity index (χ0) is 14.7. The molecule has 0 aliphatic rings. The van der Waals surface area contributed by atoms with Crippen LogP contribution in [0, 0.1) is 6.92 Å². The van der Waals surface area contributed by atoms with Crippen molar-refractivity contribution in [1.29, 1.82) is 0 Å². The molecule has 0 aliphatic heterocycles. The number of hydrogen-bond acceptors (Lipinski definition) is 4. The van der Waals surface area contributed by atoms with Gasteiger partial charge in [0, 0.05) is 13.1 Å². The van der Waals surface area contributed by atoms with Crippen molar-refractivity contribution in [3.8, 4) is 5.75 Å². The molecule has 0 bridgehead atoms. The number of methoxy groups -OCH3 is 1. The summed E-state index contributed by atoms with van der Waals surface area (Å²) in [4.78, 5) is 11.7. The number of hydrogen-bond donors (Lipinski definition) is 0. The second-order valence-corrected chi connectivity index (χ2v) is 4.75. The Morgan fingerprint density at radius 2 is 2.15 bits per heavy atom. The maximum atomic E-state index is 11.7. The van der Waals surface area contributed by atoms with Gasteiger partial charge in [0.15, 0.2) is 0 Å². The minimum Gasteiger partial charge on any atom is -0.486 e. The lowest BCUT2D eigenvalue weighted by atomic mass is 10.1. The number of aromatic nitrogens is 2. The molecule has 0 amide bonds. The van der Waals surface area contributed by atoms with Crippen LogP contribution in [0.4, 0.5) is 0 Å². The van der Waals surface area contributed by atoms with Crippen LogP contribution in [0.5, 0.6) is 5.75 Å². The number of carbonyl (C=O) groups is 1. The van der Waals surface area contributed by atoms with Crippen LogP contribution in [0.2, 0.25) is 5.15 Å². The Labute approximate surface area is 122 Å². The van der Waals surface area contributed by atoms with Crippen LogP contribution < -0.4 is 4.74 Å². The van der Waals surface area contributed by atoms with Gasteiger partial charge >= 0.3 is 5.97 Å². The van der Waals surface area contributed by atoms with Crippen molar-refractivity contribution in [2.45, 2.75) is 13.5 Å². The first-order valence-electron chi connectivity index (χ1n) is 6.01. The van der Waals surface area contributed by atoms with Crippen molar-refractivity contribution < 1.29 is 14.3 Å². The van der Waals surface area contributed by atoms with E-state index in [1.54, 1.807) is 29.9 Å². The van der Waals surface area contributed by atoms with E-state index in [0.717, 1.165) is 5.56 Å². The van der Waals surface area contributed by atoms with E-state index in [1.165, 1.54) is 7.11 Å². The Balaban J connectivity index is 2.18. The molecule has 5 nitrogen and oxygen atoms in total. The van der Waals surface area contributed by atoms with E-state index in [9.17, 15) is 4.79 Å². The van der Waals surface area contributed by atoms with Crippen LogP contribution in [0.15, 0.2) is 24.3 Å². The van der Waals surface area contributed by atoms with Crippen molar-refractivity contribution in [2.75, 3.05) is 7.11 Å². The third-order valence-electron chi connectivity index (χ3n) is 2.79. The third-order valence-corrected chi connectivity index (χ3v) is 3.14. The summed E-state index contributed by atoms with van der Waals surface area (Å²) in [6.45, 7) is 2.13. The number of halogens is 1. The molecule has 0 radical (unpaired) electrons. The number of rotatable bonds is 4. The van der Waals surface area contributed by atoms with Gasteiger partial charge in [0.05, 0.1) is 7.11 Å². The van der Waals surface area contributed by atoms with E-state index in [2.05, 4.69) is 5.10 Å². The summed E-state index contributed by atoms with van der Waals surface area (Å²) in [6, 6.07) is 7.05. The second kappa shape index (κ2) is 5.96. The van der Waals surface area contributed by atoms with E-state index in [4.69, 9.17) is 21.1 Å². The summed E-state index contributed by atoms with van der Waals surface area (Å²) in [5, 5.41) is 4.71. The summed E-state index contributed by atoms with van der Waals surface area (Å²) in [7, 11) is 3.09. The zero-order valence-electron chi connectivity index (χ0n) is 11.5. The molecule has 2 aromatic rings. The van der Waals surface area contributed by atoms with Crippen molar-refractivity contribution >= 4 is 17.6 Å². The Morgan fingerprint density at radius 1 is 1.40 bits per heavy atom. The molecular formula is C14H15ClN2O3. The van der Waals surface area contributed by atoms with E-state index >= 15 is 0 Å². The first kappa shape index (κ1) is 14.4. The number of esters is 1. The number of aryl methyl sites for hydroxylation is 2. The molecule has 0 aliphatic carbocycles. The topological polar surface area (TPSA) is 53.4 Å². The number of ether oxygens (including phenoxy) is 2. The van der Waals surface area contributed by atoms with Gasteiger partial charge in [-0.2, -0.15) is 5.10 Å². The maximum Gasteiger partial charge on any atom is 0.341 e. The summed E-state index contributed by atoms with van der Waals surface area (Å²) in [5.41, 5.74) is 2.04. The second-order valence-electron chi connectivity index (χ2n) is 4.36. The summed E-state index contributed by atoms with van der Waals surface area (Å²) >= 11 is 5.91. The molecule has 2 rings (SSSR count). The molecule has 0 saturated carbocycles. The highest BCUT2D eigenvalue weighted by Crippen LogP contribution is 2.22. The lowest BCUT2D eigenvalue weighted by Crippen LogP contribution is -2.06. The van der Waals surface area contributed by atoms with Crippen LogP contribution in [-0.4, -0.2) is 22.9 Å². The smallest absolute Gasteiger partial charge is 0.341 e. The number of nitrogens with zero attached hydrogens (tertiary/aromatic N) is 2. The van der Waals surface area contributed by atoms with Gasteiger partial charge < -0.3 is 9.47 Å². The highest BCUT2D eigenvalue weighted by molar-refractivity contribution is 6.29. The Morgan fingerprint density at radius 3 is 2.75 bits per heavy atom. The Bertz CT molecular complexity index is 618. The minimum atomic E-state index is -0.428. The van der Waals surface area contributed by atoms with Crippen LogP contribution >= 0.6 is 11.6 Å². The van der Waals surface area contributed by atoms with E-state index in [-0.39, 0.29) is 6.61 Å². The van der Waals surface area contributed by atoms with Gasteiger partial charge in [-0.25, -0.2) is 4.79 Å². The van der Waals surface area contributed by atoms with Gasteiger partial charge in [-0.05, 0) is 19.1 Å². The molecule has 1 heterocycles. The van der Waals surface area contributed by atoms with Gasteiger partial charge in [-0.3, -0.25) is 4.68 Å². The fourth-order valence-electron chi connectivity index (χ4n) is 1.76. The molecule has 0 fully saturated rings. The predicted molar refractivity (Wildman–Crippen MR) is 75.1 cm³/mol. The molecule has 1 aromatic heterocycles. The van der Waals surface area contributed by atoms with Crippen molar-refractivity contribution in [3.05, 3.63) is 46.2 Å². The fraction of sp³-hybridized carbons (Fsp3) is 0.286. The Kier molecular flexibility index (Phi) is 4.29. The molecule has 0 atom stereocenters. The van der Waals surface area contributed by atoms with Gasteiger partial charge in [0.1, 0.15) is 28.8 Å². The first-order valence-corrected chi connectivity index (χ1v) is 6.39. The quantitative estimate of drug-likeness (QED) is 0.814. The summed E-state index contributed by atoms with van der Waals surface area (Å²) in [5.74, 6) is 0.0342. The van der Waals surface area contributed by atoms with Gasteiger partial charge in [0.2, 0.25) is 0 Å². The van der Waals surface area contributed by atoms with Gasteiger partial charge in [0.25, 0.3) is 0 Å². The van der Waals surface area contributed by atoms with Crippen LogP contribution in [-0.2, 0) is 18.4 Å². The zero-order valence-corrected chi connectivity index (χ0v) is 12.3. The van der Waals surface area contributed by atoms with Crippen molar-refractivity contribution in [2.24, 2.45) is 7.05 Å². The van der Waals surface area contributed by atoms with Crippen LogP contribution in [0.25, 0.3) is 0 Å². The standard InChI is InChI=1S/C14H15ClN2O3/c1-9-4-5-12(11(6-9)14(18)19-3)20-8-10-7-13(15)17(2)16-10/h4-7H,8H2,1-3H3. The van der Waals surface area contributed by atoms with Gasteiger partial charge in [-0.15, -0.1) is 0 Å². The van der Waals surface area contributed by atoms with Crippen LogP contribution in [0.1, 0.15) is 21.6 Å². The highest BCUT2D eigenvalue weighted by Gasteiger charge is 2.14. The lowest BCUT2D eigenvalue weighted by Gasteiger charge is -2.10. The van der Waals surface area contributed by atoms with E-state index < -0.39 is 5.97 Å². The predicted octanol–water partition coefficient (Wildman–Crippen LogP) is 2.75. The normalized spacial score (nSPS) is 10.4. The molecule has 6 heteroatoms. The summed E-state index contributed by atoms with van der Waals surface area (Å²) in [6.07, 6.45) is 0. The molecule has 0 unspecified atom stereocenters. The average Bonchev–Trinajstić information content (AvgIpc) is 2.75. The van der Waals surface area contributed by atoms with Crippen LogP contribution in [0.3, 0.4) is 0 Å². The third kappa shape index (κ3) is 3.11. The lowest BCUT2D eigenvalue weighted by molar-refractivity contribution is 0.0595. The first-order chi connectivity index (χ1) is 9.51. The summed E-state index contributed by atoms with van der Waals surface area (Å²) < 4.78 is 11.9. The van der Waals surface area contributed by atoms with Crippen molar-refractivity contribution in [1.82, 2.24) is 9.78 Å². The SMILES string of the molecule is COC(=O)c1cc(C)ccc1OCc1cc(Cl)n(C)n1. The minimum absolute atomic E-state index is 0.230.